The zero-order chi connectivity index (χ0) is 22.6. The van der Waals surface area contributed by atoms with E-state index in [2.05, 4.69) is 24.9 Å². The molecule has 2 N–H and O–H groups in total. The molecule has 0 aromatic carbocycles. The summed E-state index contributed by atoms with van der Waals surface area (Å²) in [6.45, 7) is 7.17. The van der Waals surface area contributed by atoms with Gasteiger partial charge in [-0.3, -0.25) is 4.98 Å². The predicted octanol–water partition coefficient (Wildman–Crippen LogP) is 6.62. The summed E-state index contributed by atoms with van der Waals surface area (Å²) in [4.78, 5) is 4.07. The van der Waals surface area contributed by atoms with E-state index in [-0.39, 0.29) is 6.10 Å². The summed E-state index contributed by atoms with van der Waals surface area (Å²) in [5.74, 6) is 3.30. The van der Waals surface area contributed by atoms with Gasteiger partial charge in [-0.25, -0.2) is 0 Å². The smallest absolute Gasteiger partial charge is 0.0791 e. The molecule has 3 nitrogen and oxygen atoms in total. The summed E-state index contributed by atoms with van der Waals surface area (Å²) < 4.78 is 0. The molecule has 3 heteroatoms. The number of hydrogen-bond acceptors (Lipinski definition) is 3. The maximum absolute atomic E-state index is 10.7. The van der Waals surface area contributed by atoms with Crippen molar-refractivity contribution in [3.63, 3.8) is 0 Å². The first-order valence-corrected chi connectivity index (χ1v) is 13.2. The van der Waals surface area contributed by atoms with Gasteiger partial charge in [-0.05, 0) is 123 Å². The summed E-state index contributed by atoms with van der Waals surface area (Å²) in [7, 11) is 0. The Kier molecular flexibility index (Phi) is 5.82. The van der Waals surface area contributed by atoms with Gasteiger partial charge in [0.05, 0.1) is 11.7 Å². The molecule has 0 saturated heterocycles. The Bertz CT molecular complexity index is 848. The lowest BCUT2D eigenvalue weighted by Gasteiger charge is -2.59. The van der Waals surface area contributed by atoms with Gasteiger partial charge >= 0.3 is 0 Å². The molecule has 1 unspecified atom stereocenters. The van der Waals surface area contributed by atoms with E-state index in [0.717, 1.165) is 61.3 Å². The summed E-state index contributed by atoms with van der Waals surface area (Å²) in [5.41, 5.74) is 2.86. The van der Waals surface area contributed by atoms with Crippen LogP contribution in [0.2, 0.25) is 0 Å². The highest BCUT2D eigenvalue weighted by molar-refractivity contribution is 5.26. The zero-order valence-electron chi connectivity index (χ0n) is 20.4. The second kappa shape index (κ2) is 8.24. The Hall–Kier alpha value is -1.19. The SMILES string of the molecule is C[C@]1(O)CC[C@@]2(C)C(=CC[C@H]3[C@@H]4CC[C@H](CCCC(O)c5ccncc5)[C@@]4(C)CC[C@@H]32)C1. The van der Waals surface area contributed by atoms with Gasteiger partial charge in [-0.2, -0.15) is 0 Å². The lowest BCUT2D eigenvalue weighted by Crippen LogP contribution is -2.51. The van der Waals surface area contributed by atoms with E-state index in [0.29, 0.717) is 10.8 Å². The number of pyridine rings is 1. The molecule has 32 heavy (non-hydrogen) atoms. The molecule has 0 aliphatic heterocycles. The van der Waals surface area contributed by atoms with Gasteiger partial charge < -0.3 is 10.2 Å². The van der Waals surface area contributed by atoms with E-state index in [1.165, 1.54) is 38.5 Å². The van der Waals surface area contributed by atoms with Crippen LogP contribution >= 0.6 is 0 Å². The minimum Gasteiger partial charge on any atom is -0.390 e. The van der Waals surface area contributed by atoms with E-state index >= 15 is 0 Å². The molecule has 3 fully saturated rings. The monoisotopic (exact) mass is 437 g/mol. The number of rotatable bonds is 5. The fourth-order valence-electron chi connectivity index (χ4n) is 8.70. The third kappa shape index (κ3) is 3.78. The standard InChI is InChI=1S/C29H43NO2/c1-27(32)15-16-29(3)22(19-27)7-9-23-24-10-8-21(28(24,2)14-11-25(23)29)5-4-6-26(31)20-12-17-30-18-13-20/h7,12-13,17-18,21,23-26,31-32H,4-6,8-11,14-16,19H2,1-3H3/t21-,23-,24-,25-,26?,27-,28+,29-/m0/s1. The van der Waals surface area contributed by atoms with Crippen molar-refractivity contribution in [1.29, 1.82) is 0 Å². The van der Waals surface area contributed by atoms with Crippen molar-refractivity contribution >= 4 is 0 Å². The summed E-state index contributed by atoms with van der Waals surface area (Å²) >= 11 is 0. The van der Waals surface area contributed by atoms with Gasteiger partial charge in [0.25, 0.3) is 0 Å². The van der Waals surface area contributed by atoms with Gasteiger partial charge in [0.1, 0.15) is 0 Å². The lowest BCUT2D eigenvalue weighted by atomic mass is 9.46. The molecule has 0 bridgehead atoms. The molecule has 4 aliphatic rings. The van der Waals surface area contributed by atoms with Crippen LogP contribution in [0.5, 0.6) is 0 Å². The average Bonchev–Trinajstić information content (AvgIpc) is 3.11. The number of aliphatic hydroxyl groups is 2. The average molecular weight is 438 g/mol. The summed E-state index contributed by atoms with van der Waals surface area (Å²) in [5, 5.41) is 21.3. The van der Waals surface area contributed by atoms with Crippen molar-refractivity contribution in [2.24, 2.45) is 34.5 Å². The first-order valence-electron chi connectivity index (χ1n) is 13.2. The van der Waals surface area contributed by atoms with Crippen LogP contribution < -0.4 is 0 Å². The van der Waals surface area contributed by atoms with Gasteiger partial charge in [0.2, 0.25) is 0 Å². The first-order chi connectivity index (χ1) is 15.2. The van der Waals surface area contributed by atoms with E-state index in [1.54, 1.807) is 18.0 Å². The molecule has 3 saturated carbocycles. The Balaban J connectivity index is 1.25. The van der Waals surface area contributed by atoms with Crippen LogP contribution in [0.4, 0.5) is 0 Å². The molecular formula is C29H43NO2. The largest absolute Gasteiger partial charge is 0.390 e. The van der Waals surface area contributed by atoms with Crippen LogP contribution in [-0.4, -0.2) is 20.8 Å². The molecule has 5 rings (SSSR count). The third-order valence-electron chi connectivity index (χ3n) is 10.7. The zero-order valence-corrected chi connectivity index (χ0v) is 20.4. The van der Waals surface area contributed by atoms with Gasteiger partial charge in [-0.15, -0.1) is 0 Å². The Morgan fingerprint density at radius 1 is 1.03 bits per heavy atom. The van der Waals surface area contributed by atoms with Crippen molar-refractivity contribution in [1.82, 2.24) is 4.98 Å². The lowest BCUT2D eigenvalue weighted by molar-refractivity contribution is -0.0662. The number of nitrogens with zero attached hydrogens (tertiary/aromatic N) is 1. The summed E-state index contributed by atoms with van der Waals surface area (Å²) in [6.07, 6.45) is 18.7. The van der Waals surface area contributed by atoms with Gasteiger partial charge in [-0.1, -0.05) is 31.9 Å². The van der Waals surface area contributed by atoms with E-state index in [9.17, 15) is 10.2 Å². The Morgan fingerprint density at radius 3 is 2.59 bits per heavy atom. The van der Waals surface area contributed by atoms with Crippen LogP contribution in [-0.2, 0) is 0 Å². The third-order valence-corrected chi connectivity index (χ3v) is 10.7. The maximum Gasteiger partial charge on any atom is 0.0791 e. The maximum atomic E-state index is 10.7. The van der Waals surface area contributed by atoms with Crippen molar-refractivity contribution in [2.45, 2.75) is 103 Å². The van der Waals surface area contributed by atoms with Gasteiger partial charge in [0, 0.05) is 12.4 Å². The first kappa shape index (κ1) is 22.6. The van der Waals surface area contributed by atoms with E-state index < -0.39 is 5.60 Å². The molecule has 0 amide bonds. The fraction of sp³-hybridized carbons (Fsp3) is 0.759. The second-order valence-corrected chi connectivity index (χ2v) is 12.5. The molecule has 1 aromatic heterocycles. The summed E-state index contributed by atoms with van der Waals surface area (Å²) in [6, 6.07) is 3.88. The molecule has 1 aromatic rings. The minimum absolute atomic E-state index is 0.319. The minimum atomic E-state index is -0.499. The highest BCUT2D eigenvalue weighted by Crippen LogP contribution is 2.67. The number of allylic oxidation sites excluding steroid dienone is 1. The number of hydrogen-bond donors (Lipinski definition) is 2. The molecule has 0 spiro atoms. The molecule has 4 aliphatic carbocycles. The van der Waals surface area contributed by atoms with Crippen LogP contribution in [0, 0.1) is 34.5 Å². The Morgan fingerprint density at radius 2 is 1.81 bits per heavy atom. The molecule has 8 atom stereocenters. The molecule has 176 valence electrons. The van der Waals surface area contributed by atoms with Crippen molar-refractivity contribution < 1.29 is 10.2 Å². The van der Waals surface area contributed by atoms with E-state index in [1.807, 2.05) is 19.1 Å². The van der Waals surface area contributed by atoms with Crippen molar-refractivity contribution in [3.05, 3.63) is 41.7 Å². The number of aliphatic hydroxyl groups excluding tert-OH is 1. The molecular weight excluding hydrogens is 394 g/mol. The van der Waals surface area contributed by atoms with Crippen LogP contribution in [0.1, 0.15) is 103 Å². The van der Waals surface area contributed by atoms with Crippen LogP contribution in [0.25, 0.3) is 0 Å². The van der Waals surface area contributed by atoms with Crippen LogP contribution in [0.3, 0.4) is 0 Å². The fourth-order valence-corrected chi connectivity index (χ4v) is 8.70. The number of aromatic nitrogens is 1. The van der Waals surface area contributed by atoms with Crippen molar-refractivity contribution in [3.8, 4) is 0 Å². The topological polar surface area (TPSA) is 53.4 Å². The highest BCUT2D eigenvalue weighted by Gasteiger charge is 2.58. The second-order valence-electron chi connectivity index (χ2n) is 12.5. The van der Waals surface area contributed by atoms with E-state index in [4.69, 9.17) is 0 Å². The molecule has 0 radical (unpaired) electrons. The molecule has 1 heterocycles. The predicted molar refractivity (Wildman–Crippen MR) is 129 cm³/mol. The number of fused-ring (bicyclic) bond motifs is 5. The quantitative estimate of drug-likeness (QED) is 0.509. The van der Waals surface area contributed by atoms with Gasteiger partial charge in [0.15, 0.2) is 0 Å². The highest BCUT2D eigenvalue weighted by atomic mass is 16.3. The van der Waals surface area contributed by atoms with Crippen molar-refractivity contribution in [2.75, 3.05) is 0 Å². The normalized spacial score (nSPS) is 44.2. The Labute approximate surface area is 194 Å². The van der Waals surface area contributed by atoms with Crippen LogP contribution in [0.15, 0.2) is 36.2 Å².